The normalized spacial score (nSPS) is 19.1. The lowest BCUT2D eigenvalue weighted by Crippen LogP contribution is -2.52. The maximum absolute atomic E-state index is 12.4. The largest absolute Gasteiger partial charge is 0.356 e. The Morgan fingerprint density at radius 2 is 2.14 bits per heavy atom. The summed E-state index contributed by atoms with van der Waals surface area (Å²) in [5.41, 5.74) is 0.299. The molecule has 0 aromatic carbocycles. The van der Waals surface area contributed by atoms with Gasteiger partial charge in [-0.1, -0.05) is 0 Å². The second-order valence-corrected chi connectivity index (χ2v) is 7.29. The van der Waals surface area contributed by atoms with Gasteiger partial charge in [-0.2, -0.15) is 0 Å². The van der Waals surface area contributed by atoms with E-state index in [1.54, 1.807) is 18.7 Å². The van der Waals surface area contributed by atoms with Gasteiger partial charge in [0.15, 0.2) is 0 Å². The number of halogens is 1. The van der Waals surface area contributed by atoms with E-state index >= 15 is 0 Å². The van der Waals surface area contributed by atoms with Gasteiger partial charge in [-0.15, -0.1) is 12.4 Å². The van der Waals surface area contributed by atoms with Crippen LogP contribution in [0.2, 0.25) is 0 Å². The smallest absolute Gasteiger partial charge is 0.270 e. The van der Waals surface area contributed by atoms with Gasteiger partial charge >= 0.3 is 0 Å². The van der Waals surface area contributed by atoms with E-state index in [4.69, 9.17) is 0 Å². The van der Waals surface area contributed by atoms with E-state index in [1.807, 2.05) is 6.92 Å². The van der Waals surface area contributed by atoms with Crippen molar-refractivity contribution in [2.24, 2.45) is 0 Å². The number of carbonyl (C=O) groups is 1. The Balaban J connectivity index is 0.00000242. The van der Waals surface area contributed by atoms with Gasteiger partial charge in [0.05, 0.1) is 0 Å². The molecule has 0 saturated carbocycles. The number of aromatic nitrogens is 1. The van der Waals surface area contributed by atoms with E-state index in [9.17, 15) is 13.2 Å². The predicted octanol–water partition coefficient (Wildman–Crippen LogP) is 0.557. The lowest BCUT2D eigenvalue weighted by atomic mass is 10.2. The highest BCUT2D eigenvalue weighted by atomic mass is 35.5. The van der Waals surface area contributed by atoms with Crippen LogP contribution in [0.15, 0.2) is 17.2 Å². The summed E-state index contributed by atoms with van der Waals surface area (Å²) in [5.74, 6) is -0.171. The summed E-state index contributed by atoms with van der Waals surface area (Å²) < 4.78 is 26.6. The molecule has 1 amide bonds. The third-order valence-electron chi connectivity index (χ3n) is 3.35. The van der Waals surface area contributed by atoms with E-state index in [2.05, 4.69) is 15.0 Å². The number of nitrogens with one attached hydrogen (secondary N) is 3. The van der Waals surface area contributed by atoms with Crippen LogP contribution in [0, 0.1) is 0 Å². The Labute approximate surface area is 137 Å². The molecule has 9 heteroatoms. The summed E-state index contributed by atoms with van der Waals surface area (Å²) in [7, 11) is -3.58. The topological polar surface area (TPSA) is 94.3 Å². The number of rotatable bonds is 4. The third kappa shape index (κ3) is 4.22. The highest BCUT2D eigenvalue weighted by Crippen LogP contribution is 2.15. The number of H-pyrrole nitrogens is 1. The van der Waals surface area contributed by atoms with Crippen LogP contribution in [0.4, 0.5) is 0 Å². The number of amides is 1. The molecule has 0 spiro atoms. The van der Waals surface area contributed by atoms with Crippen LogP contribution >= 0.6 is 12.4 Å². The number of nitrogens with zero attached hydrogens (tertiary/aromatic N) is 1. The fourth-order valence-electron chi connectivity index (χ4n) is 2.33. The predicted molar refractivity (Wildman–Crippen MR) is 86.9 cm³/mol. The fraction of sp³-hybridized carbons (Fsp3) is 0.615. The zero-order chi connectivity index (χ0) is 15.6. The third-order valence-corrected chi connectivity index (χ3v) is 4.99. The van der Waals surface area contributed by atoms with Crippen LogP contribution in [0.25, 0.3) is 0 Å². The number of aromatic amines is 1. The van der Waals surface area contributed by atoms with Crippen LogP contribution in [0.5, 0.6) is 0 Å². The van der Waals surface area contributed by atoms with E-state index in [-0.39, 0.29) is 35.3 Å². The lowest BCUT2D eigenvalue weighted by molar-refractivity contribution is 0.0650. The Hall–Kier alpha value is -1.09. The van der Waals surface area contributed by atoms with Crippen molar-refractivity contribution in [1.82, 2.24) is 19.9 Å². The minimum Gasteiger partial charge on any atom is -0.356 e. The SMILES string of the molecule is CC(C)NS(=O)(=O)c1c[nH]c(C(=O)N2CCNC[C@H]2C)c1.Cl. The average Bonchev–Trinajstić information content (AvgIpc) is 2.87. The zero-order valence-electron chi connectivity index (χ0n) is 12.9. The van der Waals surface area contributed by atoms with Crippen molar-refractivity contribution in [2.45, 2.75) is 37.8 Å². The van der Waals surface area contributed by atoms with Crippen LogP contribution < -0.4 is 10.0 Å². The second-order valence-electron chi connectivity index (χ2n) is 5.58. The molecular formula is C13H23ClN4O3S. The van der Waals surface area contributed by atoms with Crippen molar-refractivity contribution in [2.75, 3.05) is 19.6 Å². The molecule has 1 fully saturated rings. The Kier molecular flexibility index (Phi) is 6.42. The Morgan fingerprint density at radius 1 is 1.45 bits per heavy atom. The van der Waals surface area contributed by atoms with Crippen molar-refractivity contribution < 1.29 is 13.2 Å². The average molecular weight is 351 g/mol. The maximum Gasteiger partial charge on any atom is 0.270 e. The molecule has 7 nitrogen and oxygen atoms in total. The van der Waals surface area contributed by atoms with E-state index < -0.39 is 10.0 Å². The van der Waals surface area contributed by atoms with Crippen LogP contribution in [0.3, 0.4) is 0 Å². The summed E-state index contributed by atoms with van der Waals surface area (Å²) >= 11 is 0. The van der Waals surface area contributed by atoms with E-state index in [1.165, 1.54) is 12.3 Å². The minimum absolute atomic E-state index is 0. The molecule has 1 atom stereocenters. The number of piperazine rings is 1. The zero-order valence-corrected chi connectivity index (χ0v) is 14.6. The minimum atomic E-state index is -3.58. The highest BCUT2D eigenvalue weighted by molar-refractivity contribution is 7.89. The van der Waals surface area contributed by atoms with Gasteiger partial charge in [-0.25, -0.2) is 13.1 Å². The van der Waals surface area contributed by atoms with E-state index in [0.717, 1.165) is 13.1 Å². The van der Waals surface area contributed by atoms with Gasteiger partial charge in [0, 0.05) is 37.9 Å². The van der Waals surface area contributed by atoms with Gasteiger partial charge in [-0.3, -0.25) is 4.79 Å². The molecule has 1 aromatic rings. The molecule has 2 heterocycles. The molecule has 126 valence electrons. The van der Waals surface area contributed by atoms with Crippen molar-refractivity contribution in [3.63, 3.8) is 0 Å². The highest BCUT2D eigenvalue weighted by Gasteiger charge is 2.26. The molecule has 0 unspecified atom stereocenters. The maximum atomic E-state index is 12.4. The monoisotopic (exact) mass is 350 g/mol. The molecular weight excluding hydrogens is 328 g/mol. The summed E-state index contributed by atoms with van der Waals surface area (Å²) in [6, 6.07) is 1.28. The second kappa shape index (κ2) is 7.45. The summed E-state index contributed by atoms with van der Waals surface area (Å²) in [6.45, 7) is 7.57. The molecule has 0 radical (unpaired) electrons. The van der Waals surface area contributed by atoms with Crippen LogP contribution in [-0.4, -0.2) is 55.9 Å². The molecule has 2 rings (SSSR count). The standard InChI is InChI=1S/C13H22N4O3S.ClH/c1-9(2)16-21(19,20)11-6-12(15-8-11)13(18)17-5-4-14-7-10(17)3;/h6,8-10,14-16H,4-5,7H2,1-3H3;1H/t10-;/m1./s1. The first-order valence-electron chi connectivity index (χ1n) is 7.03. The molecule has 1 aliphatic heterocycles. The molecule has 0 bridgehead atoms. The Bertz CT molecular complexity index is 615. The number of hydrogen-bond donors (Lipinski definition) is 3. The number of sulfonamides is 1. The molecule has 1 aliphatic rings. The van der Waals surface area contributed by atoms with Crippen LogP contribution in [-0.2, 0) is 10.0 Å². The van der Waals surface area contributed by atoms with Crippen molar-refractivity contribution >= 4 is 28.3 Å². The summed E-state index contributed by atoms with van der Waals surface area (Å²) in [5, 5.41) is 3.21. The summed E-state index contributed by atoms with van der Waals surface area (Å²) in [6.07, 6.45) is 1.35. The number of hydrogen-bond acceptors (Lipinski definition) is 4. The molecule has 1 aromatic heterocycles. The van der Waals surface area contributed by atoms with Gasteiger partial charge in [0.1, 0.15) is 10.6 Å². The van der Waals surface area contributed by atoms with Crippen molar-refractivity contribution in [3.8, 4) is 0 Å². The van der Waals surface area contributed by atoms with E-state index in [0.29, 0.717) is 12.2 Å². The molecule has 22 heavy (non-hydrogen) atoms. The first-order chi connectivity index (χ1) is 9.81. The molecule has 1 saturated heterocycles. The van der Waals surface area contributed by atoms with Gasteiger partial charge in [0.25, 0.3) is 5.91 Å². The van der Waals surface area contributed by atoms with Crippen molar-refractivity contribution in [3.05, 3.63) is 18.0 Å². The fourth-order valence-corrected chi connectivity index (χ4v) is 3.57. The first-order valence-corrected chi connectivity index (χ1v) is 8.52. The quantitative estimate of drug-likeness (QED) is 0.739. The number of carbonyl (C=O) groups excluding carboxylic acids is 1. The van der Waals surface area contributed by atoms with Gasteiger partial charge in [0.2, 0.25) is 10.0 Å². The van der Waals surface area contributed by atoms with Gasteiger partial charge in [-0.05, 0) is 26.8 Å². The van der Waals surface area contributed by atoms with Crippen LogP contribution in [0.1, 0.15) is 31.3 Å². The summed E-state index contributed by atoms with van der Waals surface area (Å²) in [4.78, 5) is 17.0. The molecule has 3 N–H and O–H groups in total. The Morgan fingerprint density at radius 3 is 2.73 bits per heavy atom. The van der Waals surface area contributed by atoms with Gasteiger partial charge < -0.3 is 15.2 Å². The van der Waals surface area contributed by atoms with Crippen molar-refractivity contribution in [1.29, 1.82) is 0 Å². The molecule has 0 aliphatic carbocycles. The first kappa shape index (κ1) is 19.0. The lowest BCUT2D eigenvalue weighted by Gasteiger charge is -2.33.